The van der Waals surface area contributed by atoms with E-state index < -0.39 is 5.67 Å². The van der Waals surface area contributed by atoms with Crippen LogP contribution in [0.25, 0.3) is 0 Å². The second kappa shape index (κ2) is 9.37. The van der Waals surface area contributed by atoms with Crippen molar-refractivity contribution < 1.29 is 23.5 Å². The van der Waals surface area contributed by atoms with Crippen LogP contribution < -0.4 is 0 Å². The van der Waals surface area contributed by atoms with Crippen molar-refractivity contribution >= 4 is 12.1 Å². The average Bonchev–Trinajstić information content (AvgIpc) is 2.66. The van der Waals surface area contributed by atoms with Crippen molar-refractivity contribution in [1.29, 1.82) is 0 Å². The summed E-state index contributed by atoms with van der Waals surface area (Å²) in [6, 6.07) is 9.59. The molecule has 2 aliphatic heterocycles. The second-order valence-electron chi connectivity index (χ2n) is 7.78. The number of rotatable bonds is 7. The molecule has 0 unspecified atom stereocenters. The highest BCUT2D eigenvalue weighted by Gasteiger charge is 2.45. The van der Waals surface area contributed by atoms with Gasteiger partial charge in [0.25, 0.3) is 0 Å². The minimum atomic E-state index is -1.23. The van der Waals surface area contributed by atoms with E-state index >= 15 is 0 Å². The van der Waals surface area contributed by atoms with E-state index in [0.29, 0.717) is 26.1 Å². The minimum Gasteiger partial charge on any atom is -0.465 e. The Bertz CT molecular complexity index is 656. The van der Waals surface area contributed by atoms with Gasteiger partial charge in [0, 0.05) is 26.2 Å². The van der Waals surface area contributed by atoms with E-state index in [4.69, 9.17) is 9.47 Å². The van der Waals surface area contributed by atoms with Gasteiger partial charge >= 0.3 is 12.1 Å². The smallest absolute Gasteiger partial charge is 0.410 e. The highest BCUT2D eigenvalue weighted by Crippen LogP contribution is 2.35. The van der Waals surface area contributed by atoms with E-state index in [1.807, 2.05) is 30.3 Å². The van der Waals surface area contributed by atoms with Gasteiger partial charge in [0.2, 0.25) is 0 Å². The molecule has 0 aliphatic carbocycles. The standard InChI is InChI=1S/C21H29FN2O4/c1-2-27-19(25)13-23-15-21(22,16-23)12-17-8-10-24(11-9-17)20(26)28-14-18-6-4-3-5-7-18/h3-7,17H,2,8-16H2,1H3. The molecule has 7 heteroatoms. The molecular formula is C21H29FN2O4. The van der Waals surface area contributed by atoms with Crippen LogP contribution in [-0.4, -0.2) is 66.9 Å². The number of likely N-dealkylation sites (tertiary alicyclic amines) is 2. The van der Waals surface area contributed by atoms with Gasteiger partial charge < -0.3 is 14.4 Å². The van der Waals surface area contributed by atoms with E-state index in [2.05, 4.69) is 0 Å². The number of hydrogen-bond acceptors (Lipinski definition) is 5. The maximum absolute atomic E-state index is 14.8. The van der Waals surface area contributed by atoms with Crippen LogP contribution in [0.3, 0.4) is 0 Å². The first-order valence-corrected chi connectivity index (χ1v) is 10.00. The predicted molar refractivity (Wildman–Crippen MR) is 102 cm³/mol. The number of hydrogen-bond donors (Lipinski definition) is 0. The van der Waals surface area contributed by atoms with Crippen molar-refractivity contribution in [2.45, 2.75) is 38.5 Å². The summed E-state index contributed by atoms with van der Waals surface area (Å²) in [6.45, 7) is 4.30. The normalized spacial score (nSPS) is 19.7. The number of halogens is 1. The number of nitrogens with zero attached hydrogens (tertiary/aromatic N) is 2. The van der Waals surface area contributed by atoms with Crippen LogP contribution in [-0.2, 0) is 20.9 Å². The molecule has 154 valence electrons. The van der Waals surface area contributed by atoms with Crippen LogP contribution in [0, 0.1) is 5.92 Å². The number of amides is 1. The summed E-state index contributed by atoms with van der Waals surface area (Å²) in [5.74, 6) is -0.0419. The number of carbonyl (C=O) groups is 2. The molecule has 2 aliphatic rings. The molecule has 3 rings (SSSR count). The first-order valence-electron chi connectivity index (χ1n) is 10.00. The number of alkyl halides is 1. The first kappa shape index (κ1) is 20.6. The molecule has 1 amide bonds. The van der Waals surface area contributed by atoms with Gasteiger partial charge in [-0.1, -0.05) is 30.3 Å². The van der Waals surface area contributed by atoms with Crippen molar-refractivity contribution in [3.63, 3.8) is 0 Å². The van der Waals surface area contributed by atoms with Crippen molar-refractivity contribution in [2.75, 3.05) is 39.3 Å². The quantitative estimate of drug-likeness (QED) is 0.668. The maximum atomic E-state index is 14.8. The van der Waals surface area contributed by atoms with Crippen LogP contribution in [0.5, 0.6) is 0 Å². The molecule has 28 heavy (non-hydrogen) atoms. The minimum absolute atomic E-state index is 0.158. The Hall–Kier alpha value is -2.15. The third-order valence-electron chi connectivity index (χ3n) is 5.40. The fraction of sp³-hybridized carbons (Fsp3) is 0.619. The molecule has 0 spiro atoms. The third-order valence-corrected chi connectivity index (χ3v) is 5.40. The summed E-state index contributed by atoms with van der Waals surface area (Å²) < 4.78 is 25.1. The van der Waals surface area contributed by atoms with Gasteiger partial charge in [-0.05, 0) is 37.7 Å². The van der Waals surface area contributed by atoms with E-state index in [0.717, 1.165) is 18.4 Å². The second-order valence-corrected chi connectivity index (χ2v) is 7.78. The van der Waals surface area contributed by atoms with Crippen LogP contribution in [0.2, 0.25) is 0 Å². The summed E-state index contributed by atoms with van der Waals surface area (Å²) in [7, 11) is 0. The van der Waals surface area contributed by atoms with Crippen molar-refractivity contribution in [3.8, 4) is 0 Å². The topological polar surface area (TPSA) is 59.1 Å². The molecule has 1 aromatic carbocycles. The van der Waals surface area contributed by atoms with Gasteiger partial charge in [-0.2, -0.15) is 0 Å². The summed E-state index contributed by atoms with van der Waals surface area (Å²) >= 11 is 0. The molecule has 2 saturated heterocycles. The lowest BCUT2D eigenvalue weighted by Gasteiger charge is -2.46. The largest absolute Gasteiger partial charge is 0.465 e. The third kappa shape index (κ3) is 5.67. The molecule has 6 nitrogen and oxygen atoms in total. The molecule has 2 heterocycles. The van der Waals surface area contributed by atoms with Crippen LogP contribution >= 0.6 is 0 Å². The van der Waals surface area contributed by atoms with Gasteiger partial charge in [0.15, 0.2) is 0 Å². The zero-order valence-electron chi connectivity index (χ0n) is 16.4. The molecule has 0 atom stereocenters. The SMILES string of the molecule is CCOC(=O)CN1CC(F)(CC2CCN(C(=O)OCc3ccccc3)CC2)C1. The molecule has 0 aromatic heterocycles. The highest BCUT2D eigenvalue weighted by molar-refractivity contribution is 5.71. The lowest BCUT2D eigenvalue weighted by atomic mass is 9.81. The summed E-state index contributed by atoms with van der Waals surface area (Å²) in [5, 5.41) is 0. The maximum Gasteiger partial charge on any atom is 0.410 e. The number of piperidine rings is 1. The summed E-state index contributed by atoms with van der Waals surface area (Å²) in [5.41, 5.74) is -0.268. The monoisotopic (exact) mass is 392 g/mol. The number of benzene rings is 1. The Morgan fingerprint density at radius 2 is 1.82 bits per heavy atom. The summed E-state index contributed by atoms with van der Waals surface area (Å²) in [6.07, 6.45) is 1.74. The van der Waals surface area contributed by atoms with E-state index in [9.17, 15) is 14.0 Å². The molecule has 0 radical (unpaired) electrons. The molecule has 0 bridgehead atoms. The Morgan fingerprint density at radius 1 is 1.14 bits per heavy atom. The zero-order chi connectivity index (χ0) is 20.0. The fourth-order valence-electron chi connectivity index (χ4n) is 4.03. The van der Waals surface area contributed by atoms with Gasteiger partial charge in [0.05, 0.1) is 13.2 Å². The van der Waals surface area contributed by atoms with E-state index in [-0.39, 0.29) is 44.2 Å². The number of carbonyl (C=O) groups excluding carboxylic acids is 2. The van der Waals surface area contributed by atoms with Gasteiger partial charge in [-0.25, -0.2) is 9.18 Å². The molecule has 2 fully saturated rings. The predicted octanol–water partition coefficient (Wildman–Crippen LogP) is 3.01. The molecule has 1 aromatic rings. The Labute approximate surface area is 165 Å². The van der Waals surface area contributed by atoms with Gasteiger partial charge in [0.1, 0.15) is 12.3 Å². The van der Waals surface area contributed by atoms with Crippen LogP contribution in [0.15, 0.2) is 30.3 Å². The Morgan fingerprint density at radius 3 is 2.46 bits per heavy atom. The fourth-order valence-corrected chi connectivity index (χ4v) is 4.03. The van der Waals surface area contributed by atoms with Crippen molar-refractivity contribution in [1.82, 2.24) is 9.80 Å². The highest BCUT2D eigenvalue weighted by atomic mass is 19.1. The number of esters is 1. The van der Waals surface area contributed by atoms with Crippen molar-refractivity contribution in [2.24, 2.45) is 5.92 Å². The zero-order valence-corrected chi connectivity index (χ0v) is 16.4. The van der Waals surface area contributed by atoms with Gasteiger partial charge in [-0.15, -0.1) is 0 Å². The molecule has 0 saturated carbocycles. The average molecular weight is 392 g/mol. The van der Waals surface area contributed by atoms with Gasteiger partial charge in [-0.3, -0.25) is 9.69 Å². The van der Waals surface area contributed by atoms with E-state index in [1.54, 1.807) is 16.7 Å². The molecule has 0 N–H and O–H groups in total. The van der Waals surface area contributed by atoms with Crippen LogP contribution in [0.4, 0.5) is 9.18 Å². The summed E-state index contributed by atoms with van der Waals surface area (Å²) in [4.78, 5) is 27.2. The first-order chi connectivity index (χ1) is 13.5. The number of ether oxygens (including phenoxy) is 2. The Balaban J connectivity index is 1.34. The van der Waals surface area contributed by atoms with Crippen LogP contribution in [0.1, 0.15) is 31.7 Å². The lowest BCUT2D eigenvalue weighted by molar-refractivity contribution is -0.149. The van der Waals surface area contributed by atoms with E-state index in [1.165, 1.54) is 0 Å². The lowest BCUT2D eigenvalue weighted by Crippen LogP contribution is -2.61. The van der Waals surface area contributed by atoms with Crippen molar-refractivity contribution in [3.05, 3.63) is 35.9 Å². The Kier molecular flexibility index (Phi) is 6.88. The molecular weight excluding hydrogens is 363 g/mol.